The summed E-state index contributed by atoms with van der Waals surface area (Å²) in [5.41, 5.74) is -1.52. The van der Waals surface area contributed by atoms with Crippen LogP contribution < -0.4 is 5.32 Å². The van der Waals surface area contributed by atoms with E-state index in [0.717, 1.165) is 25.0 Å². The molecule has 3 nitrogen and oxygen atoms in total. The third-order valence-electron chi connectivity index (χ3n) is 3.35. The van der Waals surface area contributed by atoms with Gasteiger partial charge in [-0.2, -0.15) is 13.2 Å². The van der Waals surface area contributed by atoms with Gasteiger partial charge >= 0.3 is 12.1 Å². The lowest BCUT2D eigenvalue weighted by Gasteiger charge is -2.13. The Kier molecular flexibility index (Phi) is 3.43. The van der Waals surface area contributed by atoms with Gasteiger partial charge < -0.3 is 10.4 Å². The fraction of sp³-hybridized carbons (Fsp3) is 0.462. The first kappa shape index (κ1) is 13.7. The maximum absolute atomic E-state index is 12.8. The zero-order valence-electron chi connectivity index (χ0n) is 10.3. The van der Waals surface area contributed by atoms with E-state index in [1.54, 1.807) is 0 Å². The van der Waals surface area contributed by atoms with Gasteiger partial charge in [0.05, 0.1) is 11.1 Å². The minimum atomic E-state index is -4.67. The molecule has 0 saturated heterocycles. The molecule has 0 heterocycles. The number of hydrogen-bond donors (Lipinski definition) is 2. The molecule has 1 saturated carbocycles. The number of carbonyl (C=O) groups is 1. The molecule has 0 aromatic heterocycles. The fourth-order valence-corrected chi connectivity index (χ4v) is 2.14. The summed E-state index contributed by atoms with van der Waals surface area (Å²) in [7, 11) is 0. The van der Waals surface area contributed by atoms with Crippen LogP contribution in [0.15, 0.2) is 18.2 Å². The van der Waals surface area contributed by atoms with Crippen LogP contribution in [0.4, 0.5) is 18.9 Å². The van der Waals surface area contributed by atoms with E-state index < -0.39 is 23.3 Å². The Morgan fingerprint density at radius 1 is 1.47 bits per heavy atom. The summed E-state index contributed by atoms with van der Waals surface area (Å²) in [6.07, 6.45) is -2.74. The molecule has 0 amide bonds. The predicted octanol–water partition coefficient (Wildman–Crippen LogP) is 3.61. The first-order valence-electron chi connectivity index (χ1n) is 6.04. The van der Waals surface area contributed by atoms with Crippen molar-refractivity contribution < 1.29 is 23.1 Å². The molecule has 1 fully saturated rings. The Bertz CT molecular complexity index is 499. The SMILES string of the molecule is CCC1CC1Nc1ccc(C(=O)O)c(C(F)(F)F)c1. The minimum Gasteiger partial charge on any atom is -0.478 e. The van der Waals surface area contributed by atoms with E-state index in [1.807, 2.05) is 6.92 Å². The Morgan fingerprint density at radius 3 is 2.63 bits per heavy atom. The lowest BCUT2D eigenvalue weighted by molar-refractivity contribution is -0.138. The van der Waals surface area contributed by atoms with Gasteiger partial charge in [-0.25, -0.2) is 4.79 Å². The fourth-order valence-electron chi connectivity index (χ4n) is 2.14. The highest BCUT2D eigenvalue weighted by Gasteiger charge is 2.38. The Balaban J connectivity index is 2.26. The molecule has 2 N–H and O–H groups in total. The minimum absolute atomic E-state index is 0.196. The summed E-state index contributed by atoms with van der Waals surface area (Å²) < 4.78 is 38.4. The molecule has 0 aliphatic heterocycles. The summed E-state index contributed by atoms with van der Waals surface area (Å²) in [6.45, 7) is 2.03. The Hall–Kier alpha value is -1.72. The van der Waals surface area contributed by atoms with Gasteiger partial charge in [0.25, 0.3) is 0 Å². The second kappa shape index (κ2) is 4.75. The van der Waals surface area contributed by atoms with Gasteiger partial charge in [0.15, 0.2) is 0 Å². The van der Waals surface area contributed by atoms with Crippen molar-refractivity contribution in [2.45, 2.75) is 32.0 Å². The van der Waals surface area contributed by atoms with E-state index in [-0.39, 0.29) is 6.04 Å². The molecule has 1 aliphatic carbocycles. The lowest BCUT2D eigenvalue weighted by Crippen LogP contribution is -2.14. The van der Waals surface area contributed by atoms with Gasteiger partial charge in [0.2, 0.25) is 0 Å². The van der Waals surface area contributed by atoms with Crippen molar-refractivity contribution >= 4 is 11.7 Å². The molecule has 0 spiro atoms. The highest BCUT2D eigenvalue weighted by Crippen LogP contribution is 2.38. The molecule has 2 unspecified atom stereocenters. The van der Waals surface area contributed by atoms with Crippen LogP contribution in [0, 0.1) is 5.92 Å². The summed E-state index contributed by atoms with van der Waals surface area (Å²) in [5, 5.41) is 11.8. The van der Waals surface area contributed by atoms with Crippen LogP contribution in [-0.4, -0.2) is 17.1 Å². The van der Waals surface area contributed by atoms with Crippen molar-refractivity contribution in [3.63, 3.8) is 0 Å². The second-order valence-electron chi connectivity index (χ2n) is 4.72. The number of anilines is 1. The highest BCUT2D eigenvalue weighted by atomic mass is 19.4. The van der Waals surface area contributed by atoms with Crippen LogP contribution in [0.2, 0.25) is 0 Å². The molecule has 1 aromatic rings. The molecule has 19 heavy (non-hydrogen) atoms. The summed E-state index contributed by atoms with van der Waals surface area (Å²) in [6, 6.07) is 3.44. The number of halogens is 3. The van der Waals surface area contributed by atoms with Crippen LogP contribution in [0.1, 0.15) is 35.7 Å². The predicted molar refractivity (Wildman–Crippen MR) is 64.2 cm³/mol. The van der Waals surface area contributed by atoms with E-state index in [2.05, 4.69) is 5.32 Å². The molecule has 1 aromatic carbocycles. The topological polar surface area (TPSA) is 49.3 Å². The van der Waals surface area contributed by atoms with E-state index >= 15 is 0 Å². The van der Waals surface area contributed by atoms with E-state index in [9.17, 15) is 18.0 Å². The Morgan fingerprint density at radius 2 is 2.16 bits per heavy atom. The normalized spacial score (nSPS) is 22.1. The van der Waals surface area contributed by atoms with Crippen LogP contribution in [0.5, 0.6) is 0 Å². The molecule has 1 aliphatic rings. The van der Waals surface area contributed by atoms with Crippen LogP contribution >= 0.6 is 0 Å². The van der Waals surface area contributed by atoms with E-state index in [1.165, 1.54) is 6.07 Å². The van der Waals surface area contributed by atoms with Gasteiger partial charge in [-0.3, -0.25) is 0 Å². The van der Waals surface area contributed by atoms with Crippen molar-refractivity contribution in [2.75, 3.05) is 5.32 Å². The first-order chi connectivity index (χ1) is 8.82. The van der Waals surface area contributed by atoms with Crippen LogP contribution in [0.3, 0.4) is 0 Å². The monoisotopic (exact) mass is 273 g/mol. The first-order valence-corrected chi connectivity index (χ1v) is 6.04. The lowest BCUT2D eigenvalue weighted by atomic mass is 10.1. The van der Waals surface area contributed by atoms with Gasteiger partial charge in [-0.15, -0.1) is 0 Å². The largest absolute Gasteiger partial charge is 0.478 e. The molecule has 0 bridgehead atoms. The maximum Gasteiger partial charge on any atom is 0.417 e. The van der Waals surface area contributed by atoms with Crippen molar-refractivity contribution in [3.8, 4) is 0 Å². The second-order valence-corrected chi connectivity index (χ2v) is 4.72. The van der Waals surface area contributed by atoms with Crippen molar-refractivity contribution in [3.05, 3.63) is 29.3 Å². The van der Waals surface area contributed by atoms with Gasteiger partial charge in [-0.1, -0.05) is 13.3 Å². The number of hydrogen-bond acceptors (Lipinski definition) is 2. The van der Waals surface area contributed by atoms with Crippen LogP contribution in [-0.2, 0) is 6.18 Å². The number of benzene rings is 1. The molecule has 6 heteroatoms. The summed E-state index contributed by atoms with van der Waals surface area (Å²) in [4.78, 5) is 10.8. The zero-order valence-corrected chi connectivity index (χ0v) is 10.3. The quantitative estimate of drug-likeness (QED) is 0.881. The van der Waals surface area contributed by atoms with Crippen LogP contribution in [0.25, 0.3) is 0 Å². The smallest absolute Gasteiger partial charge is 0.417 e. The van der Waals surface area contributed by atoms with E-state index in [0.29, 0.717) is 11.6 Å². The van der Waals surface area contributed by atoms with E-state index in [4.69, 9.17) is 5.11 Å². The number of alkyl halides is 3. The van der Waals surface area contributed by atoms with Crippen molar-refractivity contribution in [1.82, 2.24) is 0 Å². The molecule has 2 atom stereocenters. The van der Waals surface area contributed by atoms with Gasteiger partial charge in [-0.05, 0) is 30.5 Å². The molecular formula is C13H14F3NO2. The number of carboxylic acids is 1. The standard InChI is InChI=1S/C13H14F3NO2/c1-2-7-5-11(7)17-8-3-4-9(12(18)19)10(6-8)13(14,15)16/h3-4,6-7,11,17H,2,5H2,1H3,(H,18,19). The number of rotatable bonds is 4. The summed E-state index contributed by atoms with van der Waals surface area (Å²) >= 11 is 0. The molecule has 0 radical (unpaired) electrons. The van der Waals surface area contributed by atoms with Crippen molar-refractivity contribution in [1.29, 1.82) is 0 Å². The average molecular weight is 273 g/mol. The molecular weight excluding hydrogens is 259 g/mol. The zero-order chi connectivity index (χ0) is 14.2. The van der Waals surface area contributed by atoms with Gasteiger partial charge in [0.1, 0.15) is 0 Å². The number of aromatic carboxylic acids is 1. The average Bonchev–Trinajstić information content (AvgIpc) is 3.06. The third-order valence-corrected chi connectivity index (χ3v) is 3.35. The third kappa shape index (κ3) is 3.00. The van der Waals surface area contributed by atoms with Crippen molar-refractivity contribution in [2.24, 2.45) is 5.92 Å². The number of carboxylic acid groups (broad SMARTS) is 1. The highest BCUT2D eigenvalue weighted by molar-refractivity contribution is 5.90. The number of nitrogens with one attached hydrogen (secondary N) is 1. The molecule has 104 valence electrons. The maximum atomic E-state index is 12.8. The summed E-state index contributed by atoms with van der Waals surface area (Å²) in [5.74, 6) is -1.08. The van der Waals surface area contributed by atoms with Gasteiger partial charge in [0, 0.05) is 11.7 Å². The molecule has 2 rings (SSSR count). The Labute approximate surface area is 108 Å².